The second-order valence-electron chi connectivity index (χ2n) is 2.83. The van der Waals surface area contributed by atoms with Crippen molar-refractivity contribution in [3.05, 3.63) is 30.3 Å². The third-order valence-electron chi connectivity index (χ3n) is 1.72. The van der Waals surface area contributed by atoms with Gasteiger partial charge in [0.05, 0.1) is 6.61 Å². The topological polar surface area (TPSA) is 18.5 Å². The van der Waals surface area contributed by atoms with Crippen molar-refractivity contribution in [2.24, 2.45) is 0 Å². The van der Waals surface area contributed by atoms with Crippen molar-refractivity contribution in [1.29, 1.82) is 0 Å². The lowest BCUT2D eigenvalue weighted by molar-refractivity contribution is -0.0753. The Bertz CT molecular complexity index is 238. The summed E-state index contributed by atoms with van der Waals surface area (Å²) in [4.78, 5) is 0. The first-order chi connectivity index (χ1) is 6.86. The zero-order chi connectivity index (χ0) is 10.2. The van der Waals surface area contributed by atoms with E-state index in [-0.39, 0.29) is 6.29 Å². The highest BCUT2D eigenvalue weighted by Gasteiger charge is 2.06. The summed E-state index contributed by atoms with van der Waals surface area (Å²) in [5, 5.41) is 0.835. The van der Waals surface area contributed by atoms with Crippen LogP contribution in [0.1, 0.15) is 13.3 Å². The lowest BCUT2D eigenvalue weighted by Gasteiger charge is -2.17. The second-order valence-corrected chi connectivity index (χ2v) is 3.62. The Balaban J connectivity index is 2.40. The minimum absolute atomic E-state index is 0.144. The van der Waals surface area contributed by atoms with E-state index in [0.29, 0.717) is 6.61 Å². The summed E-state index contributed by atoms with van der Waals surface area (Å²) in [6.45, 7) is 2.72. The number of rotatable bonds is 6. The van der Waals surface area contributed by atoms with Crippen LogP contribution in [0.5, 0.6) is 5.75 Å². The first-order valence-electron chi connectivity index (χ1n) is 4.76. The van der Waals surface area contributed by atoms with Gasteiger partial charge in [-0.05, 0) is 12.1 Å². The molecule has 0 radical (unpaired) electrons. The molecule has 0 saturated carbocycles. The van der Waals surface area contributed by atoms with E-state index in [1.807, 2.05) is 37.3 Å². The smallest absolute Gasteiger partial charge is 0.199 e. The highest BCUT2D eigenvalue weighted by Crippen LogP contribution is 2.13. The SMILES string of the molecule is CCC(OCCBr)Oc1ccccc1. The molecule has 0 aliphatic rings. The van der Waals surface area contributed by atoms with Gasteiger partial charge in [0.15, 0.2) is 6.29 Å². The fourth-order valence-corrected chi connectivity index (χ4v) is 1.25. The molecule has 1 atom stereocenters. The van der Waals surface area contributed by atoms with E-state index in [1.165, 1.54) is 0 Å². The Morgan fingerprint density at radius 2 is 2.00 bits per heavy atom. The van der Waals surface area contributed by atoms with Gasteiger partial charge in [0.25, 0.3) is 0 Å². The van der Waals surface area contributed by atoms with Crippen molar-refractivity contribution in [1.82, 2.24) is 0 Å². The van der Waals surface area contributed by atoms with Gasteiger partial charge in [0, 0.05) is 11.8 Å². The third kappa shape index (κ3) is 4.11. The summed E-state index contributed by atoms with van der Waals surface area (Å²) in [5.41, 5.74) is 0. The fraction of sp³-hybridized carbons (Fsp3) is 0.455. The molecule has 0 N–H and O–H groups in total. The highest BCUT2D eigenvalue weighted by molar-refractivity contribution is 9.09. The summed E-state index contributed by atoms with van der Waals surface area (Å²) in [6.07, 6.45) is 0.706. The van der Waals surface area contributed by atoms with Crippen LogP contribution in [-0.2, 0) is 4.74 Å². The van der Waals surface area contributed by atoms with Crippen LogP contribution in [0.3, 0.4) is 0 Å². The molecule has 0 aliphatic heterocycles. The number of halogens is 1. The summed E-state index contributed by atoms with van der Waals surface area (Å²) < 4.78 is 11.1. The summed E-state index contributed by atoms with van der Waals surface area (Å²) in [7, 11) is 0. The van der Waals surface area contributed by atoms with E-state index in [2.05, 4.69) is 15.9 Å². The van der Waals surface area contributed by atoms with Gasteiger partial charge >= 0.3 is 0 Å². The molecular weight excluding hydrogens is 244 g/mol. The Morgan fingerprint density at radius 1 is 1.29 bits per heavy atom. The molecular formula is C11H15BrO2. The number of ether oxygens (including phenoxy) is 2. The van der Waals surface area contributed by atoms with Crippen LogP contribution in [0, 0.1) is 0 Å². The van der Waals surface area contributed by atoms with Gasteiger partial charge in [0.2, 0.25) is 0 Å². The van der Waals surface area contributed by atoms with E-state index in [0.717, 1.165) is 17.5 Å². The molecule has 1 rings (SSSR count). The van der Waals surface area contributed by atoms with Gasteiger partial charge in [-0.3, -0.25) is 0 Å². The van der Waals surface area contributed by atoms with Crippen molar-refractivity contribution in [3.63, 3.8) is 0 Å². The van der Waals surface area contributed by atoms with Crippen LogP contribution in [-0.4, -0.2) is 18.2 Å². The number of benzene rings is 1. The lowest BCUT2D eigenvalue weighted by atomic mass is 10.3. The average molecular weight is 259 g/mol. The maximum absolute atomic E-state index is 5.62. The quantitative estimate of drug-likeness (QED) is 0.577. The van der Waals surface area contributed by atoms with E-state index < -0.39 is 0 Å². The third-order valence-corrected chi connectivity index (χ3v) is 2.05. The highest BCUT2D eigenvalue weighted by atomic mass is 79.9. The van der Waals surface area contributed by atoms with Crippen molar-refractivity contribution in [2.45, 2.75) is 19.6 Å². The van der Waals surface area contributed by atoms with E-state index in [9.17, 15) is 0 Å². The summed E-state index contributed by atoms with van der Waals surface area (Å²) in [5.74, 6) is 0.855. The molecule has 14 heavy (non-hydrogen) atoms. The lowest BCUT2D eigenvalue weighted by Crippen LogP contribution is -2.20. The Hall–Kier alpha value is -0.540. The van der Waals surface area contributed by atoms with Crippen LogP contribution in [0.15, 0.2) is 30.3 Å². The van der Waals surface area contributed by atoms with Gasteiger partial charge < -0.3 is 9.47 Å². The molecule has 1 unspecified atom stereocenters. The first kappa shape index (κ1) is 11.5. The molecule has 1 aromatic rings. The van der Waals surface area contributed by atoms with Crippen molar-refractivity contribution in [2.75, 3.05) is 11.9 Å². The van der Waals surface area contributed by atoms with Crippen molar-refractivity contribution in [3.8, 4) is 5.75 Å². The van der Waals surface area contributed by atoms with E-state index >= 15 is 0 Å². The number of hydrogen-bond acceptors (Lipinski definition) is 2. The molecule has 3 heteroatoms. The molecule has 0 aliphatic carbocycles. The van der Waals surface area contributed by atoms with Crippen LogP contribution in [0.2, 0.25) is 0 Å². The Kier molecular flexibility index (Phi) is 5.64. The van der Waals surface area contributed by atoms with Crippen LogP contribution in [0.4, 0.5) is 0 Å². The molecule has 0 spiro atoms. The maximum Gasteiger partial charge on any atom is 0.199 e. The van der Waals surface area contributed by atoms with Crippen molar-refractivity contribution < 1.29 is 9.47 Å². The predicted molar refractivity (Wildman–Crippen MR) is 60.9 cm³/mol. The molecule has 0 bridgehead atoms. The number of alkyl halides is 1. The summed E-state index contributed by atoms with van der Waals surface area (Å²) >= 11 is 3.31. The molecule has 0 heterocycles. The minimum Gasteiger partial charge on any atom is -0.465 e. The van der Waals surface area contributed by atoms with E-state index in [1.54, 1.807) is 0 Å². The normalized spacial score (nSPS) is 12.4. The second kappa shape index (κ2) is 6.85. The molecule has 1 aromatic carbocycles. The monoisotopic (exact) mass is 258 g/mol. The first-order valence-corrected chi connectivity index (χ1v) is 5.88. The predicted octanol–water partition coefficient (Wildman–Crippen LogP) is 3.21. The zero-order valence-electron chi connectivity index (χ0n) is 8.28. The van der Waals surface area contributed by atoms with Gasteiger partial charge in [-0.25, -0.2) is 0 Å². The van der Waals surface area contributed by atoms with Crippen LogP contribution < -0.4 is 4.74 Å². The van der Waals surface area contributed by atoms with Gasteiger partial charge in [0.1, 0.15) is 5.75 Å². The molecule has 0 aromatic heterocycles. The molecule has 0 saturated heterocycles. The maximum atomic E-state index is 5.62. The fourth-order valence-electron chi connectivity index (χ4n) is 1.06. The number of para-hydroxylation sites is 1. The molecule has 2 nitrogen and oxygen atoms in total. The van der Waals surface area contributed by atoms with Crippen LogP contribution >= 0.6 is 15.9 Å². The van der Waals surface area contributed by atoms with Gasteiger partial charge in [-0.15, -0.1) is 0 Å². The summed E-state index contributed by atoms with van der Waals surface area (Å²) in [6, 6.07) is 9.73. The van der Waals surface area contributed by atoms with Gasteiger partial charge in [-0.1, -0.05) is 41.1 Å². The molecule has 0 fully saturated rings. The minimum atomic E-state index is -0.144. The Morgan fingerprint density at radius 3 is 2.57 bits per heavy atom. The van der Waals surface area contributed by atoms with Crippen molar-refractivity contribution >= 4 is 15.9 Å². The largest absolute Gasteiger partial charge is 0.465 e. The van der Waals surface area contributed by atoms with E-state index in [4.69, 9.17) is 9.47 Å². The van der Waals surface area contributed by atoms with Crippen LogP contribution in [0.25, 0.3) is 0 Å². The average Bonchev–Trinajstić information content (AvgIpc) is 2.25. The molecule has 0 amide bonds. The number of hydrogen-bond donors (Lipinski definition) is 0. The van der Waals surface area contributed by atoms with Gasteiger partial charge in [-0.2, -0.15) is 0 Å². The zero-order valence-corrected chi connectivity index (χ0v) is 9.87. The Labute approximate surface area is 93.4 Å². The molecule has 78 valence electrons. The standard InChI is InChI=1S/C11H15BrO2/c1-2-11(13-9-8-12)14-10-6-4-3-5-7-10/h3-7,11H,2,8-9H2,1H3.